The first kappa shape index (κ1) is 110. The van der Waals surface area contributed by atoms with Crippen molar-refractivity contribution in [3.8, 4) is 23.0 Å². The van der Waals surface area contributed by atoms with Crippen molar-refractivity contribution in [2.45, 2.75) is 58.1 Å². The fraction of sp³-hybridized carbons (Fsp3) is 0.175. The number of hydrogen-bond donors (Lipinski definition) is 7. The van der Waals surface area contributed by atoms with Gasteiger partial charge in [0.25, 0.3) is 23.6 Å². The molecular formula is C97H70Cl9F12N15O12. The molecule has 0 radical (unpaired) electrons. The summed E-state index contributed by atoms with van der Waals surface area (Å²) in [6.07, 6.45) is -12.0. The molecule has 7 heterocycles. The van der Waals surface area contributed by atoms with Crippen LogP contribution in [0.25, 0.3) is 0 Å². The SMILES string of the molecule is CN=C(C)c1ccc(C(=O)Cc2c(OC(F)(F)F)cc(Cl)cc2C(=O)Nc2ccc(Cl)cn2)c(F)c1.COc1cc(Cl)cc(C(=O)Nc2ccc(Cl)cn2)c1CC(=O)c1ccc(C(=N)N2CC2)cc1Cl.N=C(c1ccc(C(=O)Cc2c(OC(F)(F)F)cc(Cl)cc2C(=O)Nc2ccc(Cl)cn2)c(F)c1)N1CC1.N=C(c1ccc(C(=O)Cc2c(OC(F)(F)F)cc(Cl)cc2C(=O)Nc2ccc(Cl)cn2)c(F)c1)N1CCC1. The van der Waals surface area contributed by atoms with Crippen molar-refractivity contribution in [2.75, 3.05) is 74.7 Å². The Balaban J connectivity index is 0.000000172. The van der Waals surface area contributed by atoms with Gasteiger partial charge >= 0.3 is 19.1 Å². The van der Waals surface area contributed by atoms with E-state index in [9.17, 15) is 91.0 Å². The van der Waals surface area contributed by atoms with E-state index >= 15 is 0 Å². The number of nitrogens with one attached hydrogen (secondary N) is 7. The number of methoxy groups -OCH3 is 1. The second-order valence-electron chi connectivity index (χ2n) is 31.2. The number of carbonyl (C=O) groups excluding carboxylic acids is 8. The molecule has 15 rings (SSSR count). The number of benzene rings is 8. The Morgan fingerprint density at radius 3 is 0.834 bits per heavy atom. The first-order valence-electron chi connectivity index (χ1n) is 42.1. The molecule has 27 nitrogen and oxygen atoms in total. The minimum atomic E-state index is -5.17. The Hall–Kier alpha value is -14.0. The lowest BCUT2D eigenvalue weighted by Crippen LogP contribution is -2.42. The van der Waals surface area contributed by atoms with Crippen molar-refractivity contribution in [1.82, 2.24) is 34.6 Å². The third kappa shape index (κ3) is 30.3. The van der Waals surface area contributed by atoms with Crippen LogP contribution < -0.4 is 40.2 Å². The number of carbonyl (C=O) groups is 8. The number of rotatable bonds is 28. The van der Waals surface area contributed by atoms with Gasteiger partial charge in [0.1, 0.15) is 81.2 Å². The van der Waals surface area contributed by atoms with Gasteiger partial charge in [-0.2, -0.15) is 0 Å². The predicted octanol–water partition coefficient (Wildman–Crippen LogP) is 23.8. The lowest BCUT2D eigenvalue weighted by Gasteiger charge is -2.33. The first-order chi connectivity index (χ1) is 68.4. The van der Waals surface area contributed by atoms with Crippen LogP contribution in [0, 0.1) is 33.7 Å². The third-order valence-electron chi connectivity index (χ3n) is 21.1. The van der Waals surface area contributed by atoms with Gasteiger partial charge in [-0.05, 0) is 165 Å². The average Bonchev–Trinajstić information content (AvgIpc) is 1.20. The van der Waals surface area contributed by atoms with Gasteiger partial charge in [-0.25, -0.2) is 33.1 Å². The lowest BCUT2D eigenvalue weighted by atomic mass is 9.96. The number of Topliss-reactive ketones (excluding diaryl/α,β-unsaturated/α-hetero) is 4. The fourth-order valence-corrected chi connectivity index (χ4v) is 15.3. The Kier molecular flexibility index (Phi) is 36.1. The van der Waals surface area contributed by atoms with E-state index in [1.54, 1.807) is 47.1 Å². The molecule has 3 saturated heterocycles. The number of anilines is 4. The van der Waals surface area contributed by atoms with Crippen LogP contribution in [0.4, 0.5) is 76.0 Å². The number of halogens is 21. The van der Waals surface area contributed by atoms with Crippen LogP contribution in [-0.2, 0) is 25.7 Å². The number of alkyl halides is 9. The molecular weight excluding hydrogens is 2110 g/mol. The highest BCUT2D eigenvalue weighted by Gasteiger charge is 2.39. The van der Waals surface area contributed by atoms with Crippen molar-refractivity contribution >= 4 is 198 Å². The molecule has 0 aliphatic carbocycles. The number of ketones is 4. The summed E-state index contributed by atoms with van der Waals surface area (Å²) in [6.45, 7) is 5.97. The molecule has 3 aliphatic rings. The molecule has 4 amide bonds. The molecule has 0 unspecified atom stereocenters. The Morgan fingerprint density at radius 2 is 0.593 bits per heavy atom. The molecule has 48 heteroatoms. The number of amides is 4. The smallest absolute Gasteiger partial charge is 0.496 e. The Morgan fingerprint density at radius 1 is 0.338 bits per heavy atom. The topological polar surface area (TPSA) is 366 Å². The largest absolute Gasteiger partial charge is 0.573 e. The summed E-state index contributed by atoms with van der Waals surface area (Å²) in [7, 11) is 2.95. The number of pyridine rings is 4. The van der Waals surface area contributed by atoms with Crippen molar-refractivity contribution in [2.24, 2.45) is 4.99 Å². The Labute approximate surface area is 859 Å². The number of aromatic nitrogens is 4. The van der Waals surface area contributed by atoms with Crippen LogP contribution >= 0.6 is 104 Å². The zero-order valence-corrected chi connectivity index (χ0v) is 81.5. The summed E-state index contributed by atoms with van der Waals surface area (Å²) in [6, 6.07) is 35.8. The van der Waals surface area contributed by atoms with E-state index < -0.39 is 159 Å². The molecule has 3 aliphatic heterocycles. The number of nitrogens with zero attached hydrogens (tertiary/aromatic N) is 8. The molecule has 7 N–H and O–H groups in total. The quantitative estimate of drug-likeness (QED) is 0.00787. The maximum absolute atomic E-state index is 14.9. The maximum atomic E-state index is 14.9. The zero-order chi connectivity index (χ0) is 106. The fourth-order valence-electron chi connectivity index (χ4n) is 13.8. The summed E-state index contributed by atoms with van der Waals surface area (Å²) in [5.74, 6) is -10.6. The monoisotopic (exact) mass is 2180 g/mol. The number of amidine groups is 3. The number of hydrogen-bond acceptors (Lipinski definition) is 20. The van der Waals surface area contributed by atoms with E-state index in [1.807, 2.05) is 4.90 Å². The molecule has 0 bridgehead atoms. The summed E-state index contributed by atoms with van der Waals surface area (Å²) in [5.41, 5.74) is -0.912. The summed E-state index contributed by atoms with van der Waals surface area (Å²) < 4.78 is 180. The number of aliphatic imine (C=N–C) groups is 1. The van der Waals surface area contributed by atoms with E-state index in [1.165, 1.54) is 112 Å². The van der Waals surface area contributed by atoms with Gasteiger partial charge < -0.3 is 54.9 Å². The van der Waals surface area contributed by atoms with E-state index in [-0.39, 0.29) is 115 Å². The molecule has 8 aromatic carbocycles. The van der Waals surface area contributed by atoms with Gasteiger partial charge in [-0.15, -0.1) is 39.5 Å². The van der Waals surface area contributed by atoms with Crippen LogP contribution in [0.1, 0.15) is 141 Å². The van der Waals surface area contributed by atoms with Crippen molar-refractivity contribution in [1.29, 1.82) is 16.2 Å². The number of likely N-dealkylation sites (tertiary alicyclic amines) is 1. The van der Waals surface area contributed by atoms with Crippen molar-refractivity contribution in [3.05, 3.63) is 346 Å². The van der Waals surface area contributed by atoms with Crippen molar-refractivity contribution in [3.63, 3.8) is 0 Å². The Bertz CT molecular complexity index is 7110. The maximum Gasteiger partial charge on any atom is 0.573 e. The van der Waals surface area contributed by atoms with Crippen LogP contribution in [-0.4, -0.2) is 177 Å². The second kappa shape index (κ2) is 47.7. The second-order valence-corrected chi connectivity index (χ2v) is 35.1. The molecule has 0 spiro atoms. The van der Waals surface area contributed by atoms with Crippen LogP contribution in [0.2, 0.25) is 45.2 Å². The van der Waals surface area contributed by atoms with Crippen LogP contribution in [0.5, 0.6) is 23.0 Å². The van der Waals surface area contributed by atoms with Gasteiger partial charge in [-0.3, -0.25) is 59.6 Å². The van der Waals surface area contributed by atoms with Gasteiger partial charge in [0.2, 0.25) is 0 Å². The lowest BCUT2D eigenvalue weighted by molar-refractivity contribution is -0.275. The van der Waals surface area contributed by atoms with Gasteiger partial charge in [0.05, 0.1) is 48.9 Å². The molecule has 0 saturated carbocycles. The first-order valence-corrected chi connectivity index (χ1v) is 45.5. The van der Waals surface area contributed by atoms with Gasteiger partial charge in [-0.1, -0.05) is 129 Å². The normalized spacial score (nSPS) is 12.5. The summed E-state index contributed by atoms with van der Waals surface area (Å²) in [5, 5.41) is 35.1. The van der Waals surface area contributed by atoms with E-state index in [4.69, 9.17) is 125 Å². The highest BCUT2D eigenvalue weighted by molar-refractivity contribution is 6.36. The minimum absolute atomic E-state index is 0.0282. The molecule has 752 valence electrons. The van der Waals surface area contributed by atoms with Gasteiger partial charge in [0, 0.05) is 189 Å². The minimum Gasteiger partial charge on any atom is -0.496 e. The highest BCUT2D eigenvalue weighted by atomic mass is 35.5. The molecule has 4 aromatic heterocycles. The molecule has 145 heavy (non-hydrogen) atoms. The number of ether oxygens (including phenoxy) is 4. The zero-order valence-electron chi connectivity index (χ0n) is 74.7. The van der Waals surface area contributed by atoms with Gasteiger partial charge in [0.15, 0.2) is 23.1 Å². The molecule has 3 fully saturated rings. The molecule has 12 aromatic rings. The average molecular weight is 2180 g/mol. The van der Waals surface area contributed by atoms with Crippen LogP contribution in [0.15, 0.2) is 200 Å². The van der Waals surface area contributed by atoms with E-state index in [0.29, 0.717) is 65.2 Å². The van der Waals surface area contributed by atoms with E-state index in [2.05, 4.69) is 60.4 Å². The van der Waals surface area contributed by atoms with Crippen molar-refractivity contribution < 1.29 is 110 Å². The summed E-state index contributed by atoms with van der Waals surface area (Å²) in [4.78, 5) is 129. The third-order valence-corrected chi connectivity index (χ3v) is 23.2. The van der Waals surface area contributed by atoms with Crippen LogP contribution in [0.3, 0.4) is 0 Å². The summed E-state index contributed by atoms with van der Waals surface area (Å²) >= 11 is 53.6. The standard InChI is InChI=1S/C25H18Cl2F4N4O3.C24H19Cl3N4O3.C24H16Cl2F4N4O3.C24H17Cl2F4N3O3/c26-14-3-5-22(33-12-14)34-24(37)18-9-15(27)10-21(38-25(29,30)31)17(18)11-20(36)16-4-2-13(8-19(16)28)23(32)35-6-1-7-35;1-34-21-10-15(26)9-18(24(33)30-22-5-3-14(25)12-29-22)17(21)11-20(32)16-4-2-13(8-19(16)27)23(28)31-6-7-31;25-13-2-4-21(32-11-13)33-23(36)17-8-14(26)9-20(37-24(28,29)30)16(17)10-19(35)15-3-1-12(7-18(15)27)22(31)34-5-6-34;1-12(31-2)13-3-5-16(19(27)7-13)20(34)10-17-18(8-15(26)9-21(17)36-24(28,29)30)23(35)33-22-6-4-14(25)11-32-22/h2-5,8-10,12,32H,1,6-7,11H2,(H,33,34,37);2-5,8-10,12,28H,6-7,11H2,1H3,(H,29,30,33);1-4,7-9,11,31H,5-6,10H2,(H,32,33,36);3-9,11H,10H2,1-2H3,(H,32,33,35). The predicted molar refractivity (Wildman–Crippen MR) is 522 cm³/mol. The molecule has 0 atom stereocenters. The van der Waals surface area contributed by atoms with E-state index in [0.717, 1.165) is 86.2 Å². The highest BCUT2D eigenvalue weighted by Crippen LogP contribution is 2.40.